The predicted octanol–water partition coefficient (Wildman–Crippen LogP) is 0.902. The number of nitrogens with one attached hydrogen (secondary N) is 2. The van der Waals surface area contributed by atoms with Crippen LogP contribution in [-0.2, 0) is 4.79 Å². The van der Waals surface area contributed by atoms with E-state index >= 15 is 0 Å². The molecule has 13 heavy (non-hydrogen) atoms. The highest BCUT2D eigenvalue weighted by Crippen LogP contribution is 2.24. The summed E-state index contributed by atoms with van der Waals surface area (Å²) in [7, 11) is 0. The zero-order chi connectivity index (χ0) is 9.52. The van der Waals surface area contributed by atoms with E-state index in [4.69, 9.17) is 0 Å². The molecule has 1 saturated carbocycles. The molecule has 0 heterocycles. The molecule has 3 heteroatoms. The van der Waals surface area contributed by atoms with Gasteiger partial charge in [-0.3, -0.25) is 4.79 Å². The molecule has 0 aromatic carbocycles. The first-order valence-corrected chi connectivity index (χ1v) is 5.30. The van der Waals surface area contributed by atoms with Gasteiger partial charge in [0.15, 0.2) is 0 Å². The molecule has 0 unspecified atom stereocenters. The molecule has 1 aliphatic carbocycles. The average molecular weight is 184 g/mol. The molecule has 1 fully saturated rings. The molecule has 0 spiro atoms. The monoisotopic (exact) mass is 184 g/mol. The number of hydrogen-bond acceptors (Lipinski definition) is 2. The molecule has 3 nitrogen and oxygen atoms in total. The van der Waals surface area contributed by atoms with Crippen molar-refractivity contribution in [1.29, 1.82) is 0 Å². The first kappa shape index (κ1) is 10.5. The molecule has 2 N–H and O–H groups in total. The van der Waals surface area contributed by atoms with Gasteiger partial charge >= 0.3 is 0 Å². The van der Waals surface area contributed by atoms with Gasteiger partial charge in [0.1, 0.15) is 0 Å². The van der Waals surface area contributed by atoms with E-state index in [0.29, 0.717) is 6.42 Å². The van der Waals surface area contributed by atoms with Crippen LogP contribution in [0.2, 0.25) is 0 Å². The maximum absolute atomic E-state index is 11.0. The standard InChI is InChI=1S/C10H20N2O/c1-2-12-10(13)6-7-11-8-9-4-3-5-9/h9,11H,2-8H2,1H3,(H,12,13). The van der Waals surface area contributed by atoms with Crippen LogP contribution in [0.3, 0.4) is 0 Å². The molecule has 0 bridgehead atoms. The minimum atomic E-state index is 0.156. The Labute approximate surface area is 80.3 Å². The van der Waals surface area contributed by atoms with Gasteiger partial charge in [-0.25, -0.2) is 0 Å². The largest absolute Gasteiger partial charge is 0.356 e. The molecular weight excluding hydrogens is 164 g/mol. The van der Waals surface area contributed by atoms with Gasteiger partial charge in [0, 0.05) is 19.5 Å². The quantitative estimate of drug-likeness (QED) is 0.602. The molecule has 76 valence electrons. The van der Waals surface area contributed by atoms with Gasteiger partial charge in [-0.1, -0.05) is 6.42 Å². The van der Waals surface area contributed by atoms with E-state index in [1.165, 1.54) is 19.3 Å². The van der Waals surface area contributed by atoms with Crippen molar-refractivity contribution in [2.24, 2.45) is 5.92 Å². The van der Waals surface area contributed by atoms with Crippen molar-refractivity contribution < 1.29 is 4.79 Å². The summed E-state index contributed by atoms with van der Waals surface area (Å²) in [5.41, 5.74) is 0. The van der Waals surface area contributed by atoms with Crippen molar-refractivity contribution in [2.75, 3.05) is 19.6 Å². The van der Waals surface area contributed by atoms with Crippen LogP contribution in [-0.4, -0.2) is 25.5 Å². The minimum Gasteiger partial charge on any atom is -0.356 e. The lowest BCUT2D eigenvalue weighted by atomic mass is 9.85. The fraction of sp³-hybridized carbons (Fsp3) is 0.900. The van der Waals surface area contributed by atoms with Crippen molar-refractivity contribution in [3.05, 3.63) is 0 Å². The van der Waals surface area contributed by atoms with Crippen LogP contribution in [0.4, 0.5) is 0 Å². The number of carbonyl (C=O) groups is 1. The number of hydrogen-bond donors (Lipinski definition) is 2. The number of carbonyl (C=O) groups excluding carboxylic acids is 1. The third-order valence-corrected chi connectivity index (χ3v) is 2.56. The Morgan fingerprint density at radius 2 is 2.23 bits per heavy atom. The molecule has 1 aliphatic rings. The van der Waals surface area contributed by atoms with E-state index in [2.05, 4.69) is 10.6 Å². The second kappa shape index (κ2) is 5.97. The van der Waals surface area contributed by atoms with Crippen molar-refractivity contribution in [3.63, 3.8) is 0 Å². The maximum Gasteiger partial charge on any atom is 0.221 e. The SMILES string of the molecule is CCNC(=O)CCNCC1CCC1. The molecule has 0 radical (unpaired) electrons. The van der Waals surface area contributed by atoms with Gasteiger partial charge in [0.05, 0.1) is 0 Å². The van der Waals surface area contributed by atoms with Crippen molar-refractivity contribution >= 4 is 5.91 Å². The summed E-state index contributed by atoms with van der Waals surface area (Å²) in [6, 6.07) is 0. The molecule has 0 atom stereocenters. The molecule has 1 amide bonds. The zero-order valence-corrected chi connectivity index (χ0v) is 8.44. The molecule has 0 aromatic rings. The topological polar surface area (TPSA) is 41.1 Å². The van der Waals surface area contributed by atoms with Crippen molar-refractivity contribution in [1.82, 2.24) is 10.6 Å². The second-order valence-electron chi connectivity index (χ2n) is 3.70. The zero-order valence-electron chi connectivity index (χ0n) is 8.44. The predicted molar refractivity (Wildman–Crippen MR) is 53.5 cm³/mol. The first-order chi connectivity index (χ1) is 6.33. The Balaban J connectivity index is 1.85. The molecule has 0 aliphatic heterocycles. The lowest BCUT2D eigenvalue weighted by Crippen LogP contribution is -2.31. The molecular formula is C10H20N2O. The molecule has 0 saturated heterocycles. The van der Waals surface area contributed by atoms with Crippen LogP contribution >= 0.6 is 0 Å². The van der Waals surface area contributed by atoms with Gasteiger partial charge in [-0.05, 0) is 32.2 Å². The van der Waals surface area contributed by atoms with Gasteiger partial charge < -0.3 is 10.6 Å². The first-order valence-electron chi connectivity index (χ1n) is 5.30. The maximum atomic E-state index is 11.0. The second-order valence-corrected chi connectivity index (χ2v) is 3.70. The van der Waals surface area contributed by atoms with Crippen LogP contribution < -0.4 is 10.6 Å². The lowest BCUT2D eigenvalue weighted by molar-refractivity contribution is -0.120. The minimum absolute atomic E-state index is 0.156. The van der Waals surface area contributed by atoms with Gasteiger partial charge in [0.25, 0.3) is 0 Å². The summed E-state index contributed by atoms with van der Waals surface area (Å²) in [5, 5.41) is 6.10. The average Bonchev–Trinajstić information content (AvgIpc) is 2.01. The van der Waals surface area contributed by atoms with E-state index in [-0.39, 0.29) is 5.91 Å². The van der Waals surface area contributed by atoms with Crippen LogP contribution in [0, 0.1) is 5.92 Å². The van der Waals surface area contributed by atoms with Crippen LogP contribution in [0.1, 0.15) is 32.6 Å². The van der Waals surface area contributed by atoms with Crippen molar-refractivity contribution in [3.8, 4) is 0 Å². The number of amides is 1. The normalized spacial score (nSPS) is 16.7. The highest BCUT2D eigenvalue weighted by Gasteiger charge is 2.16. The molecule has 1 rings (SSSR count). The fourth-order valence-electron chi connectivity index (χ4n) is 1.49. The number of rotatable bonds is 6. The van der Waals surface area contributed by atoms with Crippen molar-refractivity contribution in [2.45, 2.75) is 32.6 Å². The van der Waals surface area contributed by atoms with Gasteiger partial charge in [0.2, 0.25) is 5.91 Å². The Kier molecular flexibility index (Phi) is 4.83. The van der Waals surface area contributed by atoms with E-state index in [0.717, 1.165) is 25.6 Å². The van der Waals surface area contributed by atoms with Crippen LogP contribution in [0.15, 0.2) is 0 Å². The summed E-state index contributed by atoms with van der Waals surface area (Å²) in [6.07, 6.45) is 4.74. The highest BCUT2D eigenvalue weighted by molar-refractivity contribution is 5.75. The third-order valence-electron chi connectivity index (χ3n) is 2.56. The Morgan fingerprint density at radius 3 is 2.77 bits per heavy atom. The Morgan fingerprint density at radius 1 is 1.46 bits per heavy atom. The Bertz CT molecular complexity index is 155. The van der Waals surface area contributed by atoms with E-state index in [1.807, 2.05) is 6.92 Å². The lowest BCUT2D eigenvalue weighted by Gasteiger charge is -2.25. The Hall–Kier alpha value is -0.570. The van der Waals surface area contributed by atoms with Gasteiger partial charge in [-0.2, -0.15) is 0 Å². The molecule has 0 aromatic heterocycles. The van der Waals surface area contributed by atoms with E-state index in [1.54, 1.807) is 0 Å². The van der Waals surface area contributed by atoms with Crippen LogP contribution in [0.25, 0.3) is 0 Å². The summed E-state index contributed by atoms with van der Waals surface area (Å²) in [5.74, 6) is 1.04. The fourth-order valence-corrected chi connectivity index (χ4v) is 1.49. The summed E-state index contributed by atoms with van der Waals surface area (Å²) >= 11 is 0. The smallest absolute Gasteiger partial charge is 0.221 e. The van der Waals surface area contributed by atoms with E-state index < -0.39 is 0 Å². The highest BCUT2D eigenvalue weighted by atomic mass is 16.1. The third kappa shape index (κ3) is 4.27. The summed E-state index contributed by atoms with van der Waals surface area (Å²) in [4.78, 5) is 11.0. The summed E-state index contributed by atoms with van der Waals surface area (Å²) in [6.45, 7) is 4.60. The van der Waals surface area contributed by atoms with E-state index in [9.17, 15) is 4.79 Å². The van der Waals surface area contributed by atoms with Crippen LogP contribution in [0.5, 0.6) is 0 Å². The summed E-state index contributed by atoms with van der Waals surface area (Å²) < 4.78 is 0. The van der Waals surface area contributed by atoms with Gasteiger partial charge in [-0.15, -0.1) is 0 Å².